The van der Waals surface area contributed by atoms with Crippen LogP contribution in [0.2, 0.25) is 0 Å². The van der Waals surface area contributed by atoms with E-state index < -0.39 is 41.7 Å². The number of carbonyl (C=O) groups excluding carboxylic acids is 1. The number of alkyl halides is 6. The lowest BCUT2D eigenvalue weighted by molar-refractivity contribution is -0.258. The fraction of sp³-hybridized carbons (Fsp3) is 0.556. The molecule has 1 heterocycles. The van der Waals surface area contributed by atoms with Crippen LogP contribution in [0.3, 0.4) is 0 Å². The van der Waals surface area contributed by atoms with Gasteiger partial charge in [0.25, 0.3) is 0 Å². The summed E-state index contributed by atoms with van der Waals surface area (Å²) < 4.78 is 83.0. The Kier molecular flexibility index (Phi) is 4.20. The Balaban J connectivity index is 3.25. The predicted molar refractivity (Wildman–Crippen MR) is 51.7 cm³/mol. The molecule has 0 saturated carbocycles. The molecule has 0 atom stereocenters. The minimum atomic E-state index is -5.69. The van der Waals surface area contributed by atoms with Gasteiger partial charge < -0.3 is 14.9 Å². The summed E-state index contributed by atoms with van der Waals surface area (Å²) in [7, 11) is 0. The number of nitrogens with two attached hydrogens (primary N) is 1. The van der Waals surface area contributed by atoms with Crippen molar-refractivity contribution < 1.29 is 40.3 Å². The number of halogens is 6. The van der Waals surface area contributed by atoms with Gasteiger partial charge in [0.2, 0.25) is 23.4 Å². The Bertz CT molecular complexity index is 479. The van der Waals surface area contributed by atoms with Crippen molar-refractivity contribution >= 4 is 11.9 Å². The van der Waals surface area contributed by atoms with Crippen LogP contribution >= 0.6 is 0 Å². The van der Waals surface area contributed by atoms with Crippen LogP contribution in [0.4, 0.5) is 32.2 Å². The lowest BCUT2D eigenvalue weighted by Crippen LogP contribution is -2.34. The Morgan fingerprint density at radius 3 is 2.20 bits per heavy atom. The smallest absolute Gasteiger partial charge is 0.409 e. The molecular formula is C9H8F6N2O3. The van der Waals surface area contributed by atoms with Gasteiger partial charge in [-0.1, -0.05) is 0 Å². The van der Waals surface area contributed by atoms with E-state index in [2.05, 4.69) is 14.1 Å². The van der Waals surface area contributed by atoms with Gasteiger partial charge in [-0.05, 0) is 6.92 Å². The van der Waals surface area contributed by atoms with Gasteiger partial charge in [-0.2, -0.15) is 26.3 Å². The van der Waals surface area contributed by atoms with Gasteiger partial charge in [-0.15, -0.1) is 0 Å². The quantitative estimate of drug-likeness (QED) is 0.686. The Hall–Kier alpha value is -1.94. The first-order valence-corrected chi connectivity index (χ1v) is 5.05. The summed E-state index contributed by atoms with van der Waals surface area (Å²) in [5, 5.41) is 0. The van der Waals surface area contributed by atoms with E-state index in [1.165, 1.54) is 6.92 Å². The molecular weight excluding hydrogens is 298 g/mol. The summed E-state index contributed by atoms with van der Waals surface area (Å²) in [5.41, 5.74) is 4.10. The molecule has 2 N–H and O–H groups in total. The highest BCUT2D eigenvalue weighted by Crippen LogP contribution is 2.46. The van der Waals surface area contributed by atoms with Crippen molar-refractivity contribution in [3.8, 4) is 0 Å². The van der Waals surface area contributed by atoms with Crippen LogP contribution in [0.15, 0.2) is 4.42 Å². The summed E-state index contributed by atoms with van der Waals surface area (Å²) in [6.07, 6.45) is -11.4. The standard InChI is InChI=1S/C9H8F6N2O3/c1-2-19-7(18)3-5(16)20-6(17-3)4(8(10,11)12)9(13,14)15/h4H,2,16H2,1H3. The summed E-state index contributed by atoms with van der Waals surface area (Å²) in [6, 6.07) is 0. The second-order valence-corrected chi connectivity index (χ2v) is 3.50. The molecule has 0 radical (unpaired) electrons. The van der Waals surface area contributed by atoms with E-state index in [4.69, 9.17) is 5.73 Å². The first-order valence-electron chi connectivity index (χ1n) is 5.05. The van der Waals surface area contributed by atoms with E-state index in [1.807, 2.05) is 0 Å². The maximum atomic E-state index is 12.4. The molecule has 114 valence electrons. The maximum Gasteiger partial charge on any atom is 0.409 e. The third kappa shape index (κ3) is 3.33. The third-order valence-corrected chi connectivity index (χ3v) is 2.04. The summed E-state index contributed by atoms with van der Waals surface area (Å²) >= 11 is 0. The van der Waals surface area contributed by atoms with E-state index in [-0.39, 0.29) is 6.61 Å². The van der Waals surface area contributed by atoms with Gasteiger partial charge in [0.1, 0.15) is 0 Å². The lowest BCUT2D eigenvalue weighted by Gasteiger charge is -2.19. The summed E-state index contributed by atoms with van der Waals surface area (Å²) in [4.78, 5) is 14.1. The van der Waals surface area contributed by atoms with Crippen LogP contribution < -0.4 is 5.73 Å². The molecule has 11 heteroatoms. The Morgan fingerprint density at radius 1 is 1.30 bits per heavy atom. The number of esters is 1. The third-order valence-electron chi connectivity index (χ3n) is 2.04. The van der Waals surface area contributed by atoms with Crippen molar-refractivity contribution in [3.63, 3.8) is 0 Å². The molecule has 1 aromatic rings. The Labute approximate surface area is 107 Å². The van der Waals surface area contributed by atoms with Crippen LogP contribution in [0.5, 0.6) is 0 Å². The topological polar surface area (TPSA) is 78.3 Å². The van der Waals surface area contributed by atoms with Gasteiger partial charge in [0.05, 0.1) is 6.61 Å². The number of nitrogen functional groups attached to an aromatic ring is 1. The van der Waals surface area contributed by atoms with Crippen molar-refractivity contribution in [1.82, 2.24) is 4.98 Å². The van der Waals surface area contributed by atoms with E-state index in [0.717, 1.165) is 0 Å². The van der Waals surface area contributed by atoms with Crippen molar-refractivity contribution in [2.75, 3.05) is 12.3 Å². The zero-order valence-electron chi connectivity index (χ0n) is 9.80. The van der Waals surface area contributed by atoms with E-state index in [1.54, 1.807) is 0 Å². The van der Waals surface area contributed by atoms with Crippen LogP contribution in [0.1, 0.15) is 29.2 Å². The molecule has 0 aliphatic rings. The molecule has 20 heavy (non-hydrogen) atoms. The number of anilines is 1. The first kappa shape index (κ1) is 16.1. The number of hydrogen-bond donors (Lipinski definition) is 1. The molecule has 0 aliphatic heterocycles. The van der Waals surface area contributed by atoms with Crippen LogP contribution in [-0.2, 0) is 4.74 Å². The van der Waals surface area contributed by atoms with Crippen molar-refractivity contribution in [2.24, 2.45) is 0 Å². The zero-order valence-corrected chi connectivity index (χ0v) is 9.80. The second-order valence-electron chi connectivity index (χ2n) is 3.50. The summed E-state index contributed by atoms with van der Waals surface area (Å²) in [5.74, 6) is -7.98. The monoisotopic (exact) mass is 306 g/mol. The average molecular weight is 306 g/mol. The molecule has 1 aromatic heterocycles. The normalized spacial score (nSPS) is 12.8. The number of carbonyl (C=O) groups is 1. The van der Waals surface area contributed by atoms with Gasteiger partial charge in [0.15, 0.2) is 0 Å². The number of oxazole rings is 1. The molecule has 0 spiro atoms. The van der Waals surface area contributed by atoms with Gasteiger partial charge in [0, 0.05) is 0 Å². The average Bonchev–Trinajstić information content (AvgIpc) is 2.55. The largest absolute Gasteiger partial charge is 0.461 e. The first-order chi connectivity index (χ1) is 8.98. The van der Waals surface area contributed by atoms with Crippen LogP contribution in [0, 0.1) is 0 Å². The highest BCUT2D eigenvalue weighted by atomic mass is 19.4. The van der Waals surface area contributed by atoms with Crippen LogP contribution in [-0.4, -0.2) is 29.9 Å². The van der Waals surface area contributed by atoms with Crippen molar-refractivity contribution in [3.05, 3.63) is 11.6 Å². The molecule has 0 aromatic carbocycles. The van der Waals surface area contributed by atoms with Gasteiger partial charge >= 0.3 is 18.3 Å². The molecule has 0 aliphatic carbocycles. The number of aromatic nitrogens is 1. The highest BCUT2D eigenvalue weighted by Gasteiger charge is 2.60. The van der Waals surface area contributed by atoms with Crippen LogP contribution in [0.25, 0.3) is 0 Å². The molecule has 1 rings (SSSR count). The Morgan fingerprint density at radius 2 is 1.80 bits per heavy atom. The lowest BCUT2D eigenvalue weighted by atomic mass is 10.1. The SMILES string of the molecule is CCOC(=O)c1nc(C(C(F)(F)F)C(F)(F)F)oc1N. The summed E-state index contributed by atoms with van der Waals surface area (Å²) in [6.45, 7) is 1.21. The number of nitrogens with zero attached hydrogens (tertiary/aromatic N) is 1. The van der Waals surface area contributed by atoms with E-state index in [0.29, 0.717) is 0 Å². The predicted octanol–water partition coefficient (Wildman–Crippen LogP) is 2.64. The van der Waals surface area contributed by atoms with Crippen molar-refractivity contribution in [2.45, 2.75) is 25.2 Å². The van der Waals surface area contributed by atoms with E-state index in [9.17, 15) is 31.1 Å². The van der Waals surface area contributed by atoms with E-state index >= 15 is 0 Å². The number of hydrogen-bond acceptors (Lipinski definition) is 5. The maximum absolute atomic E-state index is 12.4. The number of rotatable bonds is 3. The molecule has 0 amide bonds. The second kappa shape index (κ2) is 5.21. The van der Waals surface area contributed by atoms with Gasteiger partial charge in [-0.25, -0.2) is 9.78 Å². The van der Waals surface area contributed by atoms with Gasteiger partial charge in [-0.3, -0.25) is 0 Å². The number of ether oxygens (including phenoxy) is 1. The molecule has 0 fully saturated rings. The minimum absolute atomic E-state index is 0.164. The minimum Gasteiger partial charge on any atom is -0.461 e. The fourth-order valence-electron chi connectivity index (χ4n) is 1.28. The van der Waals surface area contributed by atoms with Crippen molar-refractivity contribution in [1.29, 1.82) is 0 Å². The zero-order chi connectivity index (χ0) is 15.7. The fourth-order valence-corrected chi connectivity index (χ4v) is 1.28. The molecule has 0 bridgehead atoms. The highest BCUT2D eigenvalue weighted by molar-refractivity contribution is 5.91. The molecule has 0 unspecified atom stereocenters. The molecule has 5 nitrogen and oxygen atoms in total. The molecule has 0 saturated heterocycles.